The van der Waals surface area contributed by atoms with Gasteiger partial charge >= 0.3 is 6.09 Å². The van der Waals surface area contributed by atoms with Crippen LogP contribution in [0.4, 0.5) is 4.79 Å². The summed E-state index contributed by atoms with van der Waals surface area (Å²) < 4.78 is 5.29. The molecule has 198 valence electrons. The van der Waals surface area contributed by atoms with Crippen LogP contribution in [0.3, 0.4) is 0 Å². The molecule has 0 aromatic rings. The van der Waals surface area contributed by atoms with Crippen LogP contribution >= 0.6 is 12.6 Å². The smallest absolute Gasteiger partial charge is 0.407 e. The Balaban J connectivity index is 3.13. The fourth-order valence-corrected chi connectivity index (χ4v) is 4.58. The number of carbonyl (C=O) groups is 1. The van der Waals surface area contributed by atoms with Crippen LogP contribution in [0.15, 0.2) is 0 Å². The zero-order valence-electron chi connectivity index (χ0n) is 22.4. The lowest BCUT2D eigenvalue weighted by atomic mass is 10.0. The second-order valence-electron chi connectivity index (χ2n) is 9.92. The molecular weight excluding hydrogens is 426 g/mol. The lowest BCUT2D eigenvalue weighted by molar-refractivity contribution is 0.143. The van der Waals surface area contributed by atoms with Gasteiger partial charge in [-0.15, -0.1) is 0 Å². The fourth-order valence-electron chi connectivity index (χ4n) is 4.35. The molecule has 0 radical (unpaired) electrons. The Hall–Kier alpha value is -0.380. The van der Waals surface area contributed by atoms with Gasteiger partial charge < -0.3 is 10.1 Å². The van der Waals surface area contributed by atoms with Gasteiger partial charge in [-0.05, 0) is 25.0 Å². The summed E-state index contributed by atoms with van der Waals surface area (Å²) in [5.74, 6) is 1.04. The quantitative estimate of drug-likeness (QED) is 0.0897. The largest absolute Gasteiger partial charge is 0.450 e. The Morgan fingerprint density at radius 1 is 0.545 bits per heavy atom. The lowest BCUT2D eigenvalue weighted by Crippen LogP contribution is -2.25. The van der Waals surface area contributed by atoms with Gasteiger partial charge in [-0.25, -0.2) is 4.79 Å². The standard InChI is InChI=1S/C29H59NO2S/c1-2-3-4-5-6-7-14-17-20-23-26-30-29(31)32-27-24-21-18-15-12-10-8-9-11-13-16-19-22-25-28-33/h33H,2-28H2,1H3,(H,30,31). The average molecular weight is 486 g/mol. The molecule has 33 heavy (non-hydrogen) atoms. The van der Waals surface area contributed by atoms with Crippen molar-refractivity contribution in [3.8, 4) is 0 Å². The first-order valence-electron chi connectivity index (χ1n) is 14.8. The summed E-state index contributed by atoms with van der Waals surface area (Å²) in [6.45, 7) is 3.59. The molecule has 0 unspecified atom stereocenters. The highest BCUT2D eigenvalue weighted by molar-refractivity contribution is 7.80. The van der Waals surface area contributed by atoms with Crippen molar-refractivity contribution in [1.82, 2.24) is 5.32 Å². The molecule has 1 amide bonds. The van der Waals surface area contributed by atoms with E-state index in [1.807, 2.05) is 0 Å². The minimum atomic E-state index is -0.229. The molecule has 0 saturated heterocycles. The number of hydrogen-bond donors (Lipinski definition) is 2. The van der Waals surface area contributed by atoms with Crippen molar-refractivity contribution in [3.05, 3.63) is 0 Å². The molecule has 0 heterocycles. The van der Waals surface area contributed by atoms with Gasteiger partial charge in [0, 0.05) is 6.54 Å². The highest BCUT2D eigenvalue weighted by Crippen LogP contribution is 2.13. The summed E-state index contributed by atoms with van der Waals surface area (Å²) in [5.41, 5.74) is 0. The Morgan fingerprint density at radius 2 is 0.909 bits per heavy atom. The summed E-state index contributed by atoms with van der Waals surface area (Å²) in [4.78, 5) is 11.7. The molecule has 0 rings (SSSR count). The zero-order valence-corrected chi connectivity index (χ0v) is 23.3. The highest BCUT2D eigenvalue weighted by atomic mass is 32.1. The number of unbranched alkanes of at least 4 members (excludes halogenated alkanes) is 22. The van der Waals surface area contributed by atoms with Crippen molar-refractivity contribution in [3.63, 3.8) is 0 Å². The summed E-state index contributed by atoms with van der Waals surface area (Å²) in [6, 6.07) is 0. The van der Waals surface area contributed by atoms with Crippen molar-refractivity contribution in [1.29, 1.82) is 0 Å². The molecule has 1 N–H and O–H groups in total. The number of amides is 1. The average Bonchev–Trinajstić information content (AvgIpc) is 2.82. The third-order valence-corrected chi connectivity index (χ3v) is 6.90. The number of carbonyl (C=O) groups excluding carboxylic acids is 1. The maximum absolute atomic E-state index is 11.7. The van der Waals surface area contributed by atoms with Gasteiger partial charge in [0.05, 0.1) is 6.61 Å². The Bertz CT molecular complexity index is 379. The van der Waals surface area contributed by atoms with Crippen molar-refractivity contribution < 1.29 is 9.53 Å². The van der Waals surface area contributed by atoms with Crippen molar-refractivity contribution in [2.24, 2.45) is 0 Å². The summed E-state index contributed by atoms with van der Waals surface area (Å²) in [5, 5.41) is 2.90. The van der Waals surface area contributed by atoms with E-state index in [2.05, 4.69) is 24.9 Å². The van der Waals surface area contributed by atoms with Crippen molar-refractivity contribution >= 4 is 18.7 Å². The predicted octanol–water partition coefficient (Wildman–Crippen LogP) is 10.0. The maximum atomic E-state index is 11.7. The number of thiol groups is 1. The van der Waals surface area contributed by atoms with Crippen LogP contribution in [-0.4, -0.2) is 25.0 Å². The normalized spacial score (nSPS) is 11.1. The number of alkyl carbamates (subject to hydrolysis) is 1. The van der Waals surface area contributed by atoms with E-state index in [9.17, 15) is 4.79 Å². The first kappa shape index (κ1) is 32.6. The monoisotopic (exact) mass is 485 g/mol. The molecule has 0 aliphatic heterocycles. The molecule has 0 spiro atoms. The van der Waals surface area contributed by atoms with Gasteiger partial charge in [-0.3, -0.25) is 0 Å². The molecule has 4 heteroatoms. The van der Waals surface area contributed by atoms with Gasteiger partial charge in [0.2, 0.25) is 0 Å². The van der Waals surface area contributed by atoms with Crippen molar-refractivity contribution in [2.75, 3.05) is 18.9 Å². The Kier molecular flexibility index (Phi) is 29.3. The van der Waals surface area contributed by atoms with Crippen LogP contribution in [0.1, 0.15) is 161 Å². The van der Waals surface area contributed by atoms with Crippen LogP contribution in [0, 0.1) is 0 Å². The Labute approximate surface area is 213 Å². The fraction of sp³-hybridized carbons (Fsp3) is 0.966. The lowest BCUT2D eigenvalue weighted by Gasteiger charge is -2.07. The summed E-state index contributed by atoms with van der Waals surface area (Å²) in [6.07, 6.45) is 31.6. The minimum absolute atomic E-state index is 0.229. The molecule has 0 aromatic heterocycles. The van der Waals surface area contributed by atoms with E-state index in [0.717, 1.165) is 25.1 Å². The van der Waals surface area contributed by atoms with Crippen LogP contribution in [0.25, 0.3) is 0 Å². The molecule has 0 bridgehead atoms. The van der Waals surface area contributed by atoms with Crippen LogP contribution in [0.2, 0.25) is 0 Å². The van der Waals surface area contributed by atoms with Gasteiger partial charge in [0.15, 0.2) is 0 Å². The van der Waals surface area contributed by atoms with E-state index in [1.165, 1.54) is 141 Å². The molecule has 0 fully saturated rings. The van der Waals surface area contributed by atoms with Gasteiger partial charge in [0.1, 0.15) is 0 Å². The third-order valence-electron chi connectivity index (χ3n) is 6.59. The van der Waals surface area contributed by atoms with Crippen LogP contribution in [-0.2, 0) is 4.74 Å². The van der Waals surface area contributed by atoms with E-state index in [1.54, 1.807) is 0 Å². The number of ether oxygens (including phenoxy) is 1. The van der Waals surface area contributed by atoms with E-state index >= 15 is 0 Å². The summed E-state index contributed by atoms with van der Waals surface area (Å²) >= 11 is 4.26. The van der Waals surface area contributed by atoms with Gasteiger partial charge in [0.25, 0.3) is 0 Å². The maximum Gasteiger partial charge on any atom is 0.407 e. The SMILES string of the molecule is CCCCCCCCCCCCNC(=O)OCCCCCCCCCCCCCCCCS. The van der Waals surface area contributed by atoms with E-state index < -0.39 is 0 Å². The van der Waals surface area contributed by atoms with Gasteiger partial charge in [-0.1, -0.05) is 142 Å². The van der Waals surface area contributed by atoms with E-state index in [0.29, 0.717) is 6.61 Å². The molecular formula is C29H59NO2S. The first-order valence-corrected chi connectivity index (χ1v) is 15.5. The van der Waals surface area contributed by atoms with Crippen molar-refractivity contribution in [2.45, 2.75) is 161 Å². The molecule has 0 aromatic carbocycles. The first-order chi connectivity index (χ1) is 16.3. The van der Waals surface area contributed by atoms with Crippen LogP contribution < -0.4 is 5.32 Å². The molecule has 0 saturated carbocycles. The number of nitrogens with one attached hydrogen (secondary N) is 1. The summed E-state index contributed by atoms with van der Waals surface area (Å²) in [7, 11) is 0. The highest BCUT2D eigenvalue weighted by Gasteiger charge is 2.01. The van der Waals surface area contributed by atoms with E-state index in [-0.39, 0.29) is 6.09 Å². The minimum Gasteiger partial charge on any atom is -0.450 e. The zero-order chi connectivity index (χ0) is 24.1. The Morgan fingerprint density at radius 3 is 1.33 bits per heavy atom. The molecule has 0 aliphatic rings. The third kappa shape index (κ3) is 29.6. The number of hydrogen-bond acceptors (Lipinski definition) is 3. The van der Waals surface area contributed by atoms with Gasteiger partial charge in [-0.2, -0.15) is 12.6 Å². The second-order valence-corrected chi connectivity index (χ2v) is 10.4. The molecule has 0 atom stereocenters. The topological polar surface area (TPSA) is 38.3 Å². The number of rotatable bonds is 27. The molecule has 0 aliphatic carbocycles. The second kappa shape index (κ2) is 29.7. The molecule has 3 nitrogen and oxygen atoms in total. The predicted molar refractivity (Wildman–Crippen MR) is 150 cm³/mol. The van der Waals surface area contributed by atoms with Crippen LogP contribution in [0.5, 0.6) is 0 Å². The van der Waals surface area contributed by atoms with E-state index in [4.69, 9.17) is 4.74 Å².